The van der Waals surface area contributed by atoms with E-state index in [0.717, 1.165) is 61.2 Å². The molecule has 0 fully saturated rings. The van der Waals surface area contributed by atoms with Crippen LogP contribution >= 0.6 is 45.3 Å². The van der Waals surface area contributed by atoms with Gasteiger partial charge in [0, 0.05) is 152 Å². The second kappa shape index (κ2) is 28.7. The Morgan fingerprint density at radius 2 is 0.603 bits per heavy atom. The summed E-state index contributed by atoms with van der Waals surface area (Å²) in [6, 6.07) is 149. The Morgan fingerprint density at radius 3 is 1.11 bits per heavy atom. The number of thiophene rings is 4. The van der Waals surface area contributed by atoms with Gasteiger partial charge in [-0.15, -0.1) is 45.3 Å². The van der Waals surface area contributed by atoms with Gasteiger partial charge in [0.1, 0.15) is 11.2 Å². The van der Waals surface area contributed by atoms with Crippen molar-refractivity contribution in [2.75, 3.05) is 0 Å². The Labute approximate surface area is 766 Å². The fourth-order valence-corrected chi connectivity index (χ4v) is 26.1. The molecule has 0 saturated carbocycles. The standard InChI is InChI=1S/C41H27N3S.C40H23NOS.C40H23NS2/c1-41(2)32-16-8-5-15-29(32)37-38(26-19-20-36-31(22-26)28-14-7-10-18-35(28)45-36)42-40(43-39(37)41)44-33-17-9-6-13-27(33)30-21-24-11-3-4-12-25(24)23-34(30)44;1-2-10-25-21-35-32(19-24(25)9-1)28-11-3-6-14-34(28)41(35)27-22-31(40-30-13-4-7-15-36(30)42-37(40)23-27)26-17-18-39-33(20-26)29-12-5-8-16-38(29)43-39;1-2-10-25-21-35-32(19-24(25)9-1)28-11-3-6-14-34(28)41(35)27-22-31(40-30-13-5-8-16-37(30)43-39(40)23-27)26-17-18-38-33(20-26)29-12-4-7-15-36(29)42-38/h3-23H,1-2H3;2*1-23H. The van der Waals surface area contributed by atoms with Gasteiger partial charge < -0.3 is 13.6 Å². The molecule has 0 spiro atoms. The van der Waals surface area contributed by atoms with E-state index < -0.39 is 0 Å². The van der Waals surface area contributed by atoms with Crippen LogP contribution in [0.4, 0.5) is 0 Å². The molecule has 612 valence electrons. The molecule has 0 atom stereocenters. The first-order valence-electron chi connectivity index (χ1n) is 44.6. The van der Waals surface area contributed by atoms with Crippen LogP contribution in [0.5, 0.6) is 0 Å². The van der Waals surface area contributed by atoms with Crippen molar-refractivity contribution in [3.05, 3.63) is 418 Å². The predicted molar refractivity (Wildman–Crippen MR) is 563 cm³/mol. The molecular weight excluding hydrogens is 1670 g/mol. The van der Waals surface area contributed by atoms with Gasteiger partial charge in [0.15, 0.2) is 0 Å². The number of fused-ring (bicyclic) bond motifs is 30. The third-order valence-corrected chi connectivity index (χ3v) is 32.2. The summed E-state index contributed by atoms with van der Waals surface area (Å²) in [5.41, 5.74) is 22.7. The van der Waals surface area contributed by atoms with Gasteiger partial charge in [-0.2, -0.15) is 0 Å². The average Bonchev–Trinajstić information content (AvgIpc) is 1.55. The Balaban J connectivity index is 0.0000000986. The summed E-state index contributed by atoms with van der Waals surface area (Å²) in [4.78, 5) is 11.0. The molecule has 9 heterocycles. The third kappa shape index (κ3) is 11.4. The van der Waals surface area contributed by atoms with Crippen molar-refractivity contribution in [1.29, 1.82) is 0 Å². The first-order valence-corrected chi connectivity index (χ1v) is 47.9. The fourth-order valence-electron chi connectivity index (χ4n) is 21.6. The lowest BCUT2D eigenvalue weighted by Gasteiger charge is -2.21. The van der Waals surface area contributed by atoms with Crippen LogP contribution in [-0.2, 0) is 5.41 Å². The molecule has 0 amide bonds. The van der Waals surface area contributed by atoms with Gasteiger partial charge in [0.05, 0.1) is 50.2 Å². The molecule has 131 heavy (non-hydrogen) atoms. The summed E-state index contributed by atoms with van der Waals surface area (Å²) in [5, 5.41) is 27.8. The van der Waals surface area contributed by atoms with Crippen LogP contribution in [0.3, 0.4) is 0 Å². The monoisotopic (exact) mass is 1740 g/mol. The van der Waals surface area contributed by atoms with E-state index in [1.165, 1.54) is 206 Å². The molecule has 9 aromatic heterocycles. The summed E-state index contributed by atoms with van der Waals surface area (Å²) >= 11 is 7.47. The zero-order valence-corrected chi connectivity index (χ0v) is 74.2. The van der Waals surface area contributed by atoms with Crippen LogP contribution in [0, 0.1) is 0 Å². The number of hydrogen-bond acceptors (Lipinski definition) is 7. The summed E-state index contributed by atoms with van der Waals surface area (Å²) < 4.78 is 24.3. The van der Waals surface area contributed by atoms with Crippen molar-refractivity contribution in [2.24, 2.45) is 0 Å². The molecule has 0 unspecified atom stereocenters. The van der Waals surface area contributed by atoms with E-state index in [1.807, 2.05) is 51.4 Å². The number of para-hydroxylation sites is 4. The van der Waals surface area contributed by atoms with E-state index in [4.69, 9.17) is 14.4 Å². The van der Waals surface area contributed by atoms with Gasteiger partial charge in [-0.1, -0.05) is 275 Å². The predicted octanol–water partition coefficient (Wildman–Crippen LogP) is 35.3. The lowest BCUT2D eigenvalue weighted by molar-refractivity contribution is 0.632. The van der Waals surface area contributed by atoms with Crippen LogP contribution in [0.2, 0.25) is 0 Å². The molecule has 30 rings (SSSR count). The molecule has 1 aliphatic carbocycles. The summed E-state index contributed by atoms with van der Waals surface area (Å²) in [5.74, 6) is 0.710. The summed E-state index contributed by atoms with van der Waals surface area (Å²) in [7, 11) is 0. The molecule has 0 N–H and O–H groups in total. The minimum atomic E-state index is -0.275. The SMILES string of the molecule is CC1(C)c2ccccc2-c2c(-c3ccc4sc5ccccc5c4c3)nc(-n3c4ccccc4c4cc5ccccc5cc43)nc21.c1ccc2cc3c(cc2c1)c1ccccc1n3-c1cc(-c2ccc3sc4ccccc4c3c2)c2c(c1)oc1ccccc12.c1ccc2cc3c(cc2c1)c1ccccc1n3-c1cc(-c2ccc3sc4ccccc4c3c2)c2c(c1)sc1ccccc12. The lowest BCUT2D eigenvalue weighted by Crippen LogP contribution is -2.18. The van der Waals surface area contributed by atoms with E-state index in [-0.39, 0.29) is 5.41 Å². The highest BCUT2D eigenvalue weighted by atomic mass is 32.1. The number of aromatic nitrogens is 5. The van der Waals surface area contributed by atoms with Gasteiger partial charge in [0.2, 0.25) is 5.95 Å². The molecule has 0 saturated heterocycles. The number of hydrogen-bond donors (Lipinski definition) is 0. The van der Waals surface area contributed by atoms with Gasteiger partial charge in [-0.25, -0.2) is 9.97 Å². The zero-order chi connectivity index (χ0) is 86.0. The van der Waals surface area contributed by atoms with Gasteiger partial charge in [-0.05, 0) is 205 Å². The Bertz CT molecular complexity index is 9590. The summed E-state index contributed by atoms with van der Waals surface area (Å²) in [6.45, 7) is 4.60. The zero-order valence-electron chi connectivity index (χ0n) is 71.0. The first kappa shape index (κ1) is 74.4. The van der Waals surface area contributed by atoms with E-state index in [9.17, 15) is 0 Å². The fraction of sp³-hybridized carbons (Fsp3) is 0.0248. The molecule has 1 aliphatic rings. The molecule has 0 radical (unpaired) electrons. The maximum Gasteiger partial charge on any atom is 0.235 e. The van der Waals surface area contributed by atoms with Crippen molar-refractivity contribution in [1.82, 2.24) is 23.7 Å². The second-order valence-electron chi connectivity index (χ2n) is 35.3. The highest BCUT2D eigenvalue weighted by molar-refractivity contribution is 7.27. The lowest BCUT2D eigenvalue weighted by atomic mass is 9.85. The molecule has 29 aromatic rings. The number of furan rings is 1. The Kier molecular flexibility index (Phi) is 16.3. The van der Waals surface area contributed by atoms with E-state index in [1.54, 1.807) is 0 Å². The van der Waals surface area contributed by atoms with Crippen molar-refractivity contribution in [3.8, 4) is 62.0 Å². The van der Waals surface area contributed by atoms with Gasteiger partial charge in [0.25, 0.3) is 0 Å². The number of benzene rings is 20. The molecule has 10 heteroatoms. The van der Waals surface area contributed by atoms with Crippen LogP contribution in [0.1, 0.15) is 25.1 Å². The van der Waals surface area contributed by atoms with Gasteiger partial charge >= 0.3 is 0 Å². The van der Waals surface area contributed by atoms with Crippen molar-refractivity contribution < 1.29 is 4.42 Å². The Hall–Kier alpha value is -15.7. The third-order valence-electron chi connectivity index (χ3n) is 27.6. The summed E-state index contributed by atoms with van der Waals surface area (Å²) in [6.07, 6.45) is 0. The molecular formula is C121H73N5OS4. The second-order valence-corrected chi connectivity index (χ2v) is 39.7. The molecule has 6 nitrogen and oxygen atoms in total. The Morgan fingerprint density at radius 1 is 0.237 bits per heavy atom. The normalized spacial score (nSPS) is 12.7. The highest BCUT2D eigenvalue weighted by Gasteiger charge is 2.40. The number of rotatable bonds is 6. The largest absolute Gasteiger partial charge is 0.456 e. The van der Waals surface area contributed by atoms with Crippen molar-refractivity contribution >= 4 is 246 Å². The van der Waals surface area contributed by atoms with Crippen molar-refractivity contribution in [3.63, 3.8) is 0 Å². The number of nitrogens with zero attached hydrogens (tertiary/aromatic N) is 5. The first-order chi connectivity index (χ1) is 64.7. The minimum Gasteiger partial charge on any atom is -0.456 e. The van der Waals surface area contributed by atoms with Crippen LogP contribution < -0.4 is 0 Å². The maximum absolute atomic E-state index is 6.58. The van der Waals surface area contributed by atoms with E-state index in [0.29, 0.717) is 5.95 Å². The van der Waals surface area contributed by atoms with Gasteiger partial charge in [-0.3, -0.25) is 4.57 Å². The van der Waals surface area contributed by atoms with Crippen LogP contribution in [-0.4, -0.2) is 23.7 Å². The van der Waals surface area contributed by atoms with Crippen LogP contribution in [0.15, 0.2) is 411 Å². The molecule has 20 aromatic carbocycles. The minimum absolute atomic E-state index is 0.275. The van der Waals surface area contributed by atoms with Crippen LogP contribution in [0.25, 0.3) is 262 Å². The maximum atomic E-state index is 6.58. The molecule has 0 bridgehead atoms. The average molecular weight is 1740 g/mol. The molecule has 0 aliphatic heterocycles. The smallest absolute Gasteiger partial charge is 0.235 e. The topological polar surface area (TPSA) is 53.7 Å². The quantitative estimate of drug-likeness (QED) is 0.167. The highest BCUT2D eigenvalue weighted by Crippen LogP contribution is 2.54. The van der Waals surface area contributed by atoms with E-state index >= 15 is 0 Å². The van der Waals surface area contributed by atoms with Crippen molar-refractivity contribution in [2.45, 2.75) is 19.3 Å². The van der Waals surface area contributed by atoms with E-state index in [2.05, 4.69) is 428 Å².